The molecule has 0 radical (unpaired) electrons. The number of carboxylic acid groups (broad SMARTS) is 1. The second-order valence-corrected chi connectivity index (χ2v) is 12.8. The summed E-state index contributed by atoms with van der Waals surface area (Å²) >= 11 is 0. The number of carbonyl (C=O) groups excluding carboxylic acids is 1. The van der Waals surface area contributed by atoms with Gasteiger partial charge in [-0.2, -0.15) is 0 Å². The fraction of sp³-hybridized carbons (Fsp3) is 0.433. The molecule has 0 spiro atoms. The Morgan fingerprint density at radius 3 is 2.50 bits per heavy atom. The van der Waals surface area contributed by atoms with Gasteiger partial charge in [-0.3, -0.25) is 19.8 Å². The number of nitrogens with one attached hydrogen (secondary N) is 2. The quantitative estimate of drug-likeness (QED) is 0.289. The topological polar surface area (TPSA) is 134 Å². The molecular weight excluding hydrogens is 561 g/mol. The summed E-state index contributed by atoms with van der Waals surface area (Å²) in [5, 5.41) is 12.3. The van der Waals surface area contributed by atoms with Crippen LogP contribution in [0, 0.1) is 11.7 Å². The number of carbonyl (C=O) groups is 2. The van der Waals surface area contributed by atoms with E-state index in [0.717, 1.165) is 42.8 Å². The highest BCUT2D eigenvalue weighted by Gasteiger charge is 2.30. The van der Waals surface area contributed by atoms with E-state index in [4.69, 9.17) is 4.98 Å². The maximum Gasteiger partial charge on any atom is 0.306 e. The summed E-state index contributed by atoms with van der Waals surface area (Å²) in [7, 11) is -4.21. The monoisotopic (exact) mass is 597 g/mol. The van der Waals surface area contributed by atoms with Gasteiger partial charge in [-0.1, -0.05) is 18.6 Å². The average molecular weight is 598 g/mol. The van der Waals surface area contributed by atoms with Gasteiger partial charge in [0, 0.05) is 24.7 Å². The van der Waals surface area contributed by atoms with E-state index in [2.05, 4.69) is 27.6 Å². The number of carboxylic acids is 1. The second-order valence-electron chi connectivity index (χ2n) is 11.0. The summed E-state index contributed by atoms with van der Waals surface area (Å²) in [4.78, 5) is 31.5. The number of likely N-dealkylation sites (tertiary alicyclic amines) is 1. The maximum absolute atomic E-state index is 14.5. The predicted octanol–water partition coefficient (Wildman–Crippen LogP) is 4.69. The van der Waals surface area contributed by atoms with Crippen molar-refractivity contribution in [3.8, 4) is 0 Å². The molecule has 1 aliphatic carbocycles. The van der Waals surface area contributed by atoms with Crippen LogP contribution in [0.4, 0.5) is 10.3 Å². The predicted molar refractivity (Wildman–Crippen MR) is 157 cm³/mol. The molecule has 5 rings (SSSR count). The number of halogens is 1. The van der Waals surface area contributed by atoms with E-state index >= 15 is 0 Å². The summed E-state index contributed by atoms with van der Waals surface area (Å²) in [6.45, 7) is 6.28. The Morgan fingerprint density at radius 2 is 1.81 bits per heavy atom. The largest absolute Gasteiger partial charge is 0.481 e. The molecule has 3 N–H and O–H groups in total. The molecule has 2 aliphatic rings. The first kappa shape index (κ1) is 29.9. The third-order valence-electron chi connectivity index (χ3n) is 8.15. The summed E-state index contributed by atoms with van der Waals surface area (Å²) in [6.07, 6.45) is 7.18. The standard InChI is InChI=1S/C30H36FN5O5S/c1-2-14-32-42(40,41)27-18-22(9-12-24(27)31)28(37)34-30-33-25-13-6-20(19-35-15-4-3-5-16-35)17-26(25)36(30)23-10-7-21(8-11-23)29(38)39/h2,6,9,12-13,17-18,21,23,32H,1,3-5,7-8,10-11,14-16,19H2,(H,38,39)(H,33,34,37). The van der Waals surface area contributed by atoms with Crippen LogP contribution in [0.2, 0.25) is 0 Å². The lowest BCUT2D eigenvalue weighted by atomic mass is 9.86. The van der Waals surface area contributed by atoms with Gasteiger partial charge in [0.25, 0.3) is 5.91 Å². The SMILES string of the molecule is C=CCNS(=O)(=O)c1cc(C(=O)Nc2nc3ccc(CN4CCCCC4)cc3n2C2CCC(C(=O)O)CC2)ccc1F. The first-order valence-corrected chi connectivity index (χ1v) is 15.8. The van der Waals surface area contributed by atoms with Crippen molar-refractivity contribution in [1.82, 2.24) is 19.2 Å². The lowest BCUT2D eigenvalue weighted by molar-refractivity contribution is -0.143. The minimum Gasteiger partial charge on any atom is -0.481 e. The normalized spacial score (nSPS) is 19.9. The lowest BCUT2D eigenvalue weighted by Gasteiger charge is -2.29. The smallest absolute Gasteiger partial charge is 0.306 e. The summed E-state index contributed by atoms with van der Waals surface area (Å²) in [5.41, 5.74) is 2.61. The molecule has 1 aliphatic heterocycles. The molecule has 3 aromatic rings. The Kier molecular flexibility index (Phi) is 9.05. The maximum atomic E-state index is 14.5. The number of hydrogen-bond acceptors (Lipinski definition) is 6. The number of benzene rings is 2. The molecule has 1 saturated heterocycles. The zero-order chi connectivity index (χ0) is 29.9. The molecule has 0 bridgehead atoms. The minimum atomic E-state index is -4.21. The Hall–Kier alpha value is -3.61. The van der Waals surface area contributed by atoms with Crippen molar-refractivity contribution < 1.29 is 27.5 Å². The third-order valence-corrected chi connectivity index (χ3v) is 9.58. The van der Waals surface area contributed by atoms with Crippen LogP contribution in [0.15, 0.2) is 53.9 Å². The number of anilines is 1. The lowest BCUT2D eigenvalue weighted by Crippen LogP contribution is -2.29. The van der Waals surface area contributed by atoms with Gasteiger partial charge < -0.3 is 9.67 Å². The highest BCUT2D eigenvalue weighted by atomic mass is 32.2. The van der Waals surface area contributed by atoms with Crippen LogP contribution in [0.3, 0.4) is 0 Å². The number of aliphatic carboxylic acids is 1. The molecule has 0 atom stereocenters. The summed E-state index contributed by atoms with van der Waals surface area (Å²) < 4.78 is 43.8. The van der Waals surface area contributed by atoms with Crippen LogP contribution in [0.1, 0.15) is 66.9 Å². The van der Waals surface area contributed by atoms with Crippen LogP contribution in [0.5, 0.6) is 0 Å². The fourth-order valence-corrected chi connectivity index (χ4v) is 7.02. The molecule has 224 valence electrons. The molecule has 1 saturated carbocycles. The molecule has 12 heteroatoms. The van der Waals surface area contributed by atoms with Crippen LogP contribution < -0.4 is 10.0 Å². The number of hydrogen-bond donors (Lipinski definition) is 3. The Balaban J connectivity index is 1.47. The van der Waals surface area contributed by atoms with E-state index in [0.29, 0.717) is 31.2 Å². The Labute approximate surface area is 244 Å². The number of amides is 1. The Morgan fingerprint density at radius 1 is 1.07 bits per heavy atom. The van der Waals surface area contributed by atoms with Crippen LogP contribution in [0.25, 0.3) is 11.0 Å². The van der Waals surface area contributed by atoms with E-state index in [1.165, 1.54) is 31.4 Å². The Bertz CT molecular complexity index is 1590. The molecule has 42 heavy (non-hydrogen) atoms. The summed E-state index contributed by atoms with van der Waals surface area (Å²) in [6, 6.07) is 9.13. The first-order valence-electron chi connectivity index (χ1n) is 14.3. The molecule has 1 aromatic heterocycles. The van der Waals surface area contributed by atoms with Gasteiger partial charge in [-0.15, -0.1) is 6.58 Å². The fourth-order valence-electron chi connectivity index (χ4n) is 5.92. The van der Waals surface area contributed by atoms with Gasteiger partial charge in [0.2, 0.25) is 16.0 Å². The molecular formula is C30H36FN5O5S. The summed E-state index contributed by atoms with van der Waals surface area (Å²) in [5.74, 6) is -2.54. The molecule has 2 heterocycles. The van der Waals surface area contributed by atoms with Crippen molar-refractivity contribution in [2.75, 3.05) is 25.0 Å². The van der Waals surface area contributed by atoms with Crippen molar-refractivity contribution in [2.24, 2.45) is 5.92 Å². The third kappa shape index (κ3) is 6.55. The average Bonchev–Trinajstić information content (AvgIpc) is 3.33. The minimum absolute atomic E-state index is 0.0469. The van der Waals surface area contributed by atoms with E-state index < -0.39 is 38.5 Å². The van der Waals surface area contributed by atoms with Gasteiger partial charge in [0.1, 0.15) is 10.7 Å². The van der Waals surface area contributed by atoms with Crippen molar-refractivity contribution >= 4 is 38.9 Å². The van der Waals surface area contributed by atoms with Crippen molar-refractivity contribution in [3.63, 3.8) is 0 Å². The van der Waals surface area contributed by atoms with Gasteiger partial charge in [0.15, 0.2) is 0 Å². The van der Waals surface area contributed by atoms with Crippen molar-refractivity contribution in [1.29, 1.82) is 0 Å². The van der Waals surface area contributed by atoms with Crippen LogP contribution in [-0.4, -0.2) is 59.5 Å². The number of fused-ring (bicyclic) bond motifs is 1. The number of imidazole rings is 1. The molecule has 2 aromatic carbocycles. The second kappa shape index (κ2) is 12.7. The highest BCUT2D eigenvalue weighted by Crippen LogP contribution is 2.37. The van der Waals surface area contributed by atoms with Crippen LogP contribution in [-0.2, 0) is 21.4 Å². The molecule has 2 fully saturated rings. The van der Waals surface area contributed by atoms with Crippen LogP contribution >= 0.6 is 0 Å². The first-order chi connectivity index (χ1) is 20.2. The van der Waals surface area contributed by atoms with Crippen molar-refractivity contribution in [2.45, 2.75) is 62.4 Å². The van der Waals surface area contributed by atoms with E-state index in [1.54, 1.807) is 0 Å². The van der Waals surface area contributed by atoms with Gasteiger partial charge in [-0.05, 0) is 87.5 Å². The van der Waals surface area contributed by atoms with E-state index in [1.807, 2.05) is 16.7 Å². The zero-order valence-electron chi connectivity index (χ0n) is 23.4. The van der Waals surface area contributed by atoms with E-state index in [9.17, 15) is 27.5 Å². The number of rotatable bonds is 10. The number of nitrogens with zero attached hydrogens (tertiary/aromatic N) is 3. The van der Waals surface area contributed by atoms with E-state index in [-0.39, 0.29) is 24.1 Å². The van der Waals surface area contributed by atoms with Gasteiger partial charge in [-0.25, -0.2) is 22.5 Å². The number of piperidine rings is 1. The highest BCUT2D eigenvalue weighted by molar-refractivity contribution is 7.89. The molecule has 0 unspecified atom stereocenters. The van der Waals surface area contributed by atoms with Crippen molar-refractivity contribution in [3.05, 3.63) is 66.0 Å². The van der Waals surface area contributed by atoms with Gasteiger partial charge >= 0.3 is 5.97 Å². The number of aromatic nitrogens is 2. The molecule has 1 amide bonds. The number of sulfonamides is 1. The van der Waals surface area contributed by atoms with Gasteiger partial charge in [0.05, 0.1) is 17.0 Å². The zero-order valence-corrected chi connectivity index (χ0v) is 24.2. The molecule has 10 nitrogen and oxygen atoms in total.